The molecule has 0 radical (unpaired) electrons. The molecule has 0 amide bonds. The Morgan fingerprint density at radius 2 is 1.73 bits per heavy atom. The number of benzene rings is 2. The van der Waals surface area contributed by atoms with Gasteiger partial charge in [-0.2, -0.15) is 13.2 Å². The van der Waals surface area contributed by atoms with Gasteiger partial charge < -0.3 is 9.80 Å². The number of hydrogen-bond donors (Lipinski definition) is 0. The second-order valence-corrected chi connectivity index (χ2v) is 7.82. The minimum absolute atomic E-state index is 0.159. The smallest absolute Gasteiger partial charge is 0.369 e. The third-order valence-electron chi connectivity index (χ3n) is 5.86. The number of para-hydroxylation sites is 1. The molecule has 1 atom stereocenters. The Morgan fingerprint density at radius 1 is 0.967 bits per heavy atom. The zero-order valence-corrected chi connectivity index (χ0v) is 17.1. The molecule has 2 aliphatic heterocycles. The van der Waals surface area contributed by atoms with Gasteiger partial charge in [-0.3, -0.25) is 9.89 Å². The summed E-state index contributed by atoms with van der Waals surface area (Å²) in [6.07, 6.45) is -0.988. The summed E-state index contributed by atoms with van der Waals surface area (Å²) >= 11 is 0. The maximum atomic E-state index is 13.0. The van der Waals surface area contributed by atoms with Gasteiger partial charge in [0, 0.05) is 56.4 Å². The summed E-state index contributed by atoms with van der Waals surface area (Å²) in [5, 5.41) is 2.20. The third-order valence-corrected chi connectivity index (χ3v) is 5.86. The van der Waals surface area contributed by atoms with E-state index < -0.39 is 11.7 Å². The molecule has 2 aromatic rings. The number of alkyl halides is 3. The first kappa shape index (κ1) is 20.7. The molecular weight excluding hydrogens is 389 g/mol. The Morgan fingerprint density at radius 3 is 2.47 bits per heavy atom. The van der Waals surface area contributed by atoms with E-state index in [2.05, 4.69) is 35.1 Å². The second-order valence-electron chi connectivity index (χ2n) is 7.82. The average Bonchev–Trinajstić information content (AvgIpc) is 2.77. The van der Waals surface area contributed by atoms with Crippen molar-refractivity contribution in [3.8, 4) is 0 Å². The fraction of sp³-hybridized carbons (Fsp3) is 0.435. The molecule has 160 valence electrons. The number of hydrogen-bond acceptors (Lipinski definition) is 4. The normalized spacial score (nSPS) is 19.8. The largest absolute Gasteiger partial charge is 0.416 e. The lowest BCUT2D eigenvalue weighted by molar-refractivity contribution is -0.137. The summed E-state index contributed by atoms with van der Waals surface area (Å²) in [6, 6.07) is 13.8. The van der Waals surface area contributed by atoms with Gasteiger partial charge in [-0.15, -0.1) is 0 Å². The number of piperazine rings is 1. The number of halogens is 3. The zero-order chi connectivity index (χ0) is 21.1. The van der Waals surface area contributed by atoms with Crippen molar-refractivity contribution in [1.82, 2.24) is 9.80 Å². The predicted octanol–water partition coefficient (Wildman–Crippen LogP) is 2.94. The maximum Gasteiger partial charge on any atom is 0.416 e. The van der Waals surface area contributed by atoms with Crippen LogP contribution in [-0.4, -0.2) is 55.2 Å². The van der Waals surface area contributed by atoms with Crippen LogP contribution in [0.1, 0.15) is 18.9 Å². The zero-order valence-electron chi connectivity index (χ0n) is 17.1. The minimum atomic E-state index is -4.30. The van der Waals surface area contributed by atoms with Crippen LogP contribution in [0.3, 0.4) is 0 Å². The topological polar surface area (TPSA) is 22.1 Å². The lowest BCUT2D eigenvalue weighted by Crippen LogP contribution is -2.50. The van der Waals surface area contributed by atoms with Crippen LogP contribution in [-0.2, 0) is 6.18 Å². The summed E-state index contributed by atoms with van der Waals surface area (Å²) in [6.45, 7) is 7.10. The van der Waals surface area contributed by atoms with Gasteiger partial charge >= 0.3 is 6.18 Å². The van der Waals surface area contributed by atoms with Crippen molar-refractivity contribution >= 4 is 11.9 Å². The van der Waals surface area contributed by atoms with E-state index >= 15 is 0 Å². The molecule has 0 aliphatic carbocycles. The fourth-order valence-corrected chi connectivity index (χ4v) is 4.12. The molecule has 2 aromatic carbocycles. The molecule has 4 nitrogen and oxygen atoms in total. The minimum Gasteiger partial charge on any atom is -0.369 e. The molecule has 0 aromatic heterocycles. The summed E-state index contributed by atoms with van der Waals surface area (Å²) in [7, 11) is 0. The number of fused-ring (bicyclic) bond motifs is 1. The highest BCUT2D eigenvalue weighted by Crippen LogP contribution is 2.31. The molecule has 0 saturated carbocycles. The highest BCUT2D eigenvalue weighted by atomic mass is 19.4. The fourth-order valence-electron chi connectivity index (χ4n) is 4.12. The van der Waals surface area contributed by atoms with Gasteiger partial charge in [0.25, 0.3) is 0 Å². The molecule has 1 saturated heterocycles. The van der Waals surface area contributed by atoms with E-state index in [-0.39, 0.29) is 6.17 Å². The molecule has 0 spiro atoms. The Balaban J connectivity index is 1.34. The molecule has 1 fully saturated rings. The molecule has 0 bridgehead atoms. The summed E-state index contributed by atoms with van der Waals surface area (Å²) in [4.78, 5) is 11.6. The molecular formula is C23H27F3N4. The van der Waals surface area contributed by atoms with Crippen molar-refractivity contribution < 1.29 is 13.2 Å². The Labute approximate surface area is 174 Å². The molecule has 2 heterocycles. The van der Waals surface area contributed by atoms with E-state index in [1.165, 1.54) is 12.1 Å². The van der Waals surface area contributed by atoms with Crippen molar-refractivity contribution in [3.05, 3.63) is 64.7 Å². The molecule has 2 aliphatic rings. The van der Waals surface area contributed by atoms with Crippen LogP contribution in [0.5, 0.6) is 0 Å². The van der Waals surface area contributed by atoms with Crippen LogP contribution in [0.15, 0.2) is 53.5 Å². The van der Waals surface area contributed by atoms with Crippen molar-refractivity contribution in [2.24, 2.45) is 4.99 Å². The third kappa shape index (κ3) is 4.61. The molecule has 7 heteroatoms. The van der Waals surface area contributed by atoms with Crippen LogP contribution in [0.4, 0.5) is 18.9 Å². The van der Waals surface area contributed by atoms with E-state index in [0.29, 0.717) is 5.69 Å². The quantitative estimate of drug-likeness (QED) is 0.748. The molecule has 4 rings (SSSR count). The summed E-state index contributed by atoms with van der Waals surface area (Å²) in [5.74, 6) is 0. The lowest BCUT2D eigenvalue weighted by Gasteiger charge is -2.38. The van der Waals surface area contributed by atoms with Crippen LogP contribution >= 0.6 is 0 Å². The van der Waals surface area contributed by atoms with Gasteiger partial charge in [-0.05, 0) is 30.7 Å². The molecule has 1 unspecified atom stereocenters. The SMILES string of the molecule is CCC1N=c2ccccc2=CN1CCN1CCN(c2cccc(C(F)(F)F)c2)CC1. The highest BCUT2D eigenvalue weighted by molar-refractivity contribution is 5.49. The van der Waals surface area contributed by atoms with E-state index in [0.717, 1.165) is 62.3 Å². The standard InChI is InChI=1S/C23H27F3N4/c1-2-22-27-21-9-4-3-6-18(21)17-30(22)15-12-28-10-13-29(14-11-28)20-8-5-7-19(16-20)23(24,25)26/h3-9,16-17,22H,2,10-15H2,1H3. The van der Waals surface area contributed by atoms with Crippen molar-refractivity contribution in [2.45, 2.75) is 25.7 Å². The summed E-state index contributed by atoms with van der Waals surface area (Å²) in [5.41, 5.74) is 0.0630. The van der Waals surface area contributed by atoms with Crippen LogP contribution in [0.25, 0.3) is 6.20 Å². The van der Waals surface area contributed by atoms with E-state index in [9.17, 15) is 13.2 Å². The lowest BCUT2D eigenvalue weighted by atomic mass is 10.1. The first-order valence-electron chi connectivity index (χ1n) is 10.5. The Kier molecular flexibility index (Phi) is 5.99. The van der Waals surface area contributed by atoms with E-state index in [1.54, 1.807) is 6.07 Å². The first-order chi connectivity index (χ1) is 14.4. The predicted molar refractivity (Wildman–Crippen MR) is 113 cm³/mol. The van der Waals surface area contributed by atoms with Gasteiger partial charge in [0.05, 0.1) is 10.9 Å². The number of anilines is 1. The Bertz CT molecular complexity index is 980. The van der Waals surface area contributed by atoms with Gasteiger partial charge in [0.1, 0.15) is 6.17 Å². The summed E-state index contributed by atoms with van der Waals surface area (Å²) < 4.78 is 39.0. The van der Waals surface area contributed by atoms with E-state index in [4.69, 9.17) is 4.99 Å². The van der Waals surface area contributed by atoms with Gasteiger partial charge in [0.2, 0.25) is 0 Å². The van der Waals surface area contributed by atoms with Crippen molar-refractivity contribution in [1.29, 1.82) is 0 Å². The van der Waals surface area contributed by atoms with Crippen LogP contribution in [0, 0.1) is 0 Å². The number of nitrogens with zero attached hydrogens (tertiary/aromatic N) is 4. The first-order valence-corrected chi connectivity index (χ1v) is 10.5. The van der Waals surface area contributed by atoms with Crippen molar-refractivity contribution in [2.75, 3.05) is 44.2 Å². The maximum absolute atomic E-state index is 13.0. The monoisotopic (exact) mass is 416 g/mol. The van der Waals surface area contributed by atoms with Crippen LogP contribution < -0.4 is 15.5 Å². The molecule has 0 N–H and O–H groups in total. The molecule has 30 heavy (non-hydrogen) atoms. The Hall–Kier alpha value is -2.54. The highest BCUT2D eigenvalue weighted by Gasteiger charge is 2.31. The average molecular weight is 416 g/mol. The van der Waals surface area contributed by atoms with Gasteiger partial charge in [-0.25, -0.2) is 0 Å². The van der Waals surface area contributed by atoms with Crippen molar-refractivity contribution in [3.63, 3.8) is 0 Å². The van der Waals surface area contributed by atoms with Gasteiger partial charge in [0.15, 0.2) is 0 Å². The van der Waals surface area contributed by atoms with Gasteiger partial charge in [-0.1, -0.05) is 31.2 Å². The van der Waals surface area contributed by atoms with Crippen LogP contribution in [0.2, 0.25) is 0 Å². The second kappa shape index (κ2) is 8.68. The number of rotatable bonds is 5. The van der Waals surface area contributed by atoms with E-state index in [1.807, 2.05) is 17.0 Å².